The number of nitrogens with zero attached hydrogens (tertiary/aromatic N) is 1. The van der Waals surface area contributed by atoms with Gasteiger partial charge in [0.1, 0.15) is 5.76 Å². The van der Waals surface area contributed by atoms with Gasteiger partial charge in [0.2, 0.25) is 0 Å². The lowest BCUT2D eigenvalue weighted by Gasteiger charge is -2.00. The molecule has 0 aliphatic rings. The van der Waals surface area contributed by atoms with E-state index in [0.717, 1.165) is 36.3 Å². The molecule has 0 bridgehead atoms. The molecule has 4 nitrogen and oxygen atoms in total. The first-order chi connectivity index (χ1) is 7.29. The predicted molar refractivity (Wildman–Crippen MR) is 55.6 cm³/mol. The Hall–Kier alpha value is -1.32. The molecule has 1 heterocycles. The number of hydrogen-bond donors (Lipinski definition) is 0. The molecule has 0 aromatic carbocycles. The van der Waals surface area contributed by atoms with Crippen molar-refractivity contribution in [3.8, 4) is 0 Å². The largest absolute Gasteiger partial charge is 0.468 e. The van der Waals surface area contributed by atoms with Gasteiger partial charge in [-0.2, -0.15) is 0 Å². The second-order valence-electron chi connectivity index (χ2n) is 3.48. The molecule has 0 amide bonds. The third-order valence-corrected chi connectivity index (χ3v) is 2.37. The van der Waals surface area contributed by atoms with E-state index >= 15 is 0 Å². The minimum absolute atomic E-state index is 0.394. The van der Waals surface area contributed by atoms with Crippen molar-refractivity contribution >= 4 is 6.47 Å². The second kappa shape index (κ2) is 6.22. The number of aryl methyl sites for hydroxylation is 2. The summed E-state index contributed by atoms with van der Waals surface area (Å²) in [4.78, 5) is 10.0. The molecular formula is C11H17NO3. The van der Waals surface area contributed by atoms with E-state index < -0.39 is 0 Å². The normalized spacial score (nSPS) is 10.3. The van der Waals surface area contributed by atoms with Gasteiger partial charge in [-0.3, -0.25) is 4.79 Å². The molecule has 1 rings (SSSR count). The van der Waals surface area contributed by atoms with Crippen LogP contribution in [0.2, 0.25) is 0 Å². The van der Waals surface area contributed by atoms with Crippen molar-refractivity contribution in [2.75, 3.05) is 6.61 Å². The molecule has 1 aromatic heterocycles. The quantitative estimate of drug-likeness (QED) is 0.511. The Morgan fingerprint density at radius 2 is 2.27 bits per heavy atom. The fraction of sp³-hybridized carbons (Fsp3) is 0.636. The smallest absolute Gasteiger partial charge is 0.293 e. The monoisotopic (exact) mass is 211 g/mol. The highest BCUT2D eigenvalue weighted by Crippen LogP contribution is 2.16. The van der Waals surface area contributed by atoms with Crippen LogP contribution in [0, 0.1) is 6.92 Å². The van der Waals surface area contributed by atoms with Gasteiger partial charge in [0.15, 0.2) is 0 Å². The Kier molecular flexibility index (Phi) is 4.87. The zero-order valence-corrected chi connectivity index (χ0v) is 9.28. The number of carbonyl (C=O) groups is 1. The molecule has 0 radical (unpaired) electrons. The van der Waals surface area contributed by atoms with E-state index in [1.807, 2.05) is 6.92 Å². The van der Waals surface area contributed by atoms with Crippen LogP contribution in [0.3, 0.4) is 0 Å². The van der Waals surface area contributed by atoms with Crippen LogP contribution >= 0.6 is 0 Å². The van der Waals surface area contributed by atoms with Crippen LogP contribution in [0.15, 0.2) is 4.52 Å². The van der Waals surface area contributed by atoms with Crippen LogP contribution in [0.4, 0.5) is 0 Å². The summed E-state index contributed by atoms with van der Waals surface area (Å²) in [7, 11) is 0. The van der Waals surface area contributed by atoms with Gasteiger partial charge in [-0.25, -0.2) is 0 Å². The molecule has 4 heteroatoms. The van der Waals surface area contributed by atoms with E-state index in [1.165, 1.54) is 0 Å². The summed E-state index contributed by atoms with van der Waals surface area (Å²) < 4.78 is 9.80. The number of carbonyl (C=O) groups excluding carboxylic acids is 1. The lowest BCUT2D eigenvalue weighted by Crippen LogP contribution is -2.00. The van der Waals surface area contributed by atoms with Gasteiger partial charge in [-0.1, -0.05) is 18.5 Å². The van der Waals surface area contributed by atoms with E-state index in [2.05, 4.69) is 16.8 Å². The molecule has 1 aromatic rings. The van der Waals surface area contributed by atoms with Crippen LogP contribution in [-0.4, -0.2) is 18.2 Å². The zero-order valence-electron chi connectivity index (χ0n) is 9.28. The standard InChI is InChI=1S/C11H17NO3/c1-3-4-5-11-10(6-7-14-8-13)9(2)15-12-11/h8H,3-7H2,1-2H3. The number of hydrogen-bond acceptors (Lipinski definition) is 4. The Morgan fingerprint density at radius 1 is 1.47 bits per heavy atom. The predicted octanol–water partition coefficient (Wildman–Crippen LogP) is 2.04. The van der Waals surface area contributed by atoms with Crippen molar-refractivity contribution in [1.82, 2.24) is 5.16 Å². The van der Waals surface area contributed by atoms with Crippen molar-refractivity contribution in [2.45, 2.75) is 39.5 Å². The third-order valence-electron chi connectivity index (χ3n) is 2.37. The number of ether oxygens (including phenoxy) is 1. The van der Waals surface area contributed by atoms with Gasteiger partial charge in [-0.15, -0.1) is 0 Å². The molecule has 0 atom stereocenters. The Labute approximate surface area is 89.6 Å². The SMILES string of the molecule is CCCCc1noc(C)c1CCOC=O. The Morgan fingerprint density at radius 3 is 2.93 bits per heavy atom. The number of unbranched alkanes of at least 4 members (excludes halogenated alkanes) is 1. The summed E-state index contributed by atoms with van der Waals surface area (Å²) >= 11 is 0. The van der Waals surface area contributed by atoms with Gasteiger partial charge in [0, 0.05) is 12.0 Å². The van der Waals surface area contributed by atoms with Gasteiger partial charge < -0.3 is 9.26 Å². The Balaban J connectivity index is 2.57. The van der Waals surface area contributed by atoms with Crippen LogP contribution in [0.1, 0.15) is 36.8 Å². The molecule has 0 unspecified atom stereocenters. The highest BCUT2D eigenvalue weighted by molar-refractivity contribution is 5.37. The van der Waals surface area contributed by atoms with Gasteiger partial charge in [-0.05, 0) is 19.8 Å². The van der Waals surface area contributed by atoms with Crippen molar-refractivity contribution in [1.29, 1.82) is 0 Å². The highest BCUT2D eigenvalue weighted by atomic mass is 16.5. The van der Waals surface area contributed by atoms with Crippen LogP contribution < -0.4 is 0 Å². The number of aromatic nitrogens is 1. The van der Waals surface area contributed by atoms with Gasteiger partial charge in [0.05, 0.1) is 12.3 Å². The highest BCUT2D eigenvalue weighted by Gasteiger charge is 2.11. The summed E-state index contributed by atoms with van der Waals surface area (Å²) in [6.07, 6.45) is 3.86. The topological polar surface area (TPSA) is 52.3 Å². The first-order valence-corrected chi connectivity index (χ1v) is 5.28. The summed E-state index contributed by atoms with van der Waals surface area (Å²) in [5, 5.41) is 4.01. The van der Waals surface area contributed by atoms with Crippen LogP contribution in [0.5, 0.6) is 0 Å². The molecule has 84 valence electrons. The fourth-order valence-electron chi connectivity index (χ4n) is 1.51. The van der Waals surface area contributed by atoms with E-state index in [-0.39, 0.29) is 0 Å². The average molecular weight is 211 g/mol. The van der Waals surface area contributed by atoms with Gasteiger partial charge >= 0.3 is 0 Å². The zero-order chi connectivity index (χ0) is 11.1. The molecular weight excluding hydrogens is 194 g/mol. The lowest BCUT2D eigenvalue weighted by molar-refractivity contribution is -0.128. The van der Waals surface area contributed by atoms with Gasteiger partial charge in [0.25, 0.3) is 6.47 Å². The summed E-state index contributed by atoms with van der Waals surface area (Å²) in [6.45, 7) is 4.89. The first kappa shape index (κ1) is 11.8. The molecule has 15 heavy (non-hydrogen) atoms. The molecule has 0 spiro atoms. The van der Waals surface area contributed by atoms with Crippen LogP contribution in [-0.2, 0) is 22.4 Å². The number of rotatable bonds is 7. The van der Waals surface area contributed by atoms with Crippen molar-refractivity contribution in [3.05, 3.63) is 17.0 Å². The third kappa shape index (κ3) is 3.38. The van der Waals surface area contributed by atoms with E-state index in [0.29, 0.717) is 19.5 Å². The molecule has 0 aliphatic carbocycles. The average Bonchev–Trinajstić information content (AvgIpc) is 2.58. The molecule has 0 aliphatic heterocycles. The molecule has 0 saturated heterocycles. The molecule has 0 N–H and O–H groups in total. The van der Waals surface area contributed by atoms with E-state index in [4.69, 9.17) is 4.52 Å². The van der Waals surface area contributed by atoms with Crippen molar-refractivity contribution in [3.63, 3.8) is 0 Å². The minimum atomic E-state index is 0.394. The lowest BCUT2D eigenvalue weighted by atomic mass is 10.1. The maximum atomic E-state index is 10.0. The summed E-state index contributed by atoms with van der Waals surface area (Å²) in [5.74, 6) is 0.829. The minimum Gasteiger partial charge on any atom is -0.468 e. The maximum Gasteiger partial charge on any atom is 0.293 e. The summed E-state index contributed by atoms with van der Waals surface area (Å²) in [5.41, 5.74) is 2.09. The van der Waals surface area contributed by atoms with Crippen molar-refractivity contribution in [2.24, 2.45) is 0 Å². The first-order valence-electron chi connectivity index (χ1n) is 5.28. The van der Waals surface area contributed by atoms with Crippen LogP contribution in [0.25, 0.3) is 0 Å². The summed E-state index contributed by atoms with van der Waals surface area (Å²) in [6, 6.07) is 0. The molecule has 0 fully saturated rings. The Bertz CT molecular complexity index is 307. The molecule has 0 saturated carbocycles. The maximum absolute atomic E-state index is 10.0. The van der Waals surface area contributed by atoms with E-state index in [9.17, 15) is 4.79 Å². The fourth-order valence-corrected chi connectivity index (χ4v) is 1.51. The van der Waals surface area contributed by atoms with E-state index in [1.54, 1.807) is 0 Å². The van der Waals surface area contributed by atoms with Crippen molar-refractivity contribution < 1.29 is 14.1 Å². The second-order valence-corrected chi connectivity index (χ2v) is 3.48.